The Kier molecular flexibility index (Phi) is 6.65. The van der Waals surface area contributed by atoms with Gasteiger partial charge in [0.25, 0.3) is 0 Å². The highest BCUT2D eigenvalue weighted by Crippen LogP contribution is 2.41. The van der Waals surface area contributed by atoms with Crippen LogP contribution in [0, 0.1) is 17.8 Å². The Balaban J connectivity index is 1.22. The molecule has 2 atom stereocenters. The van der Waals surface area contributed by atoms with E-state index in [0.29, 0.717) is 37.1 Å². The minimum atomic E-state index is 0.141. The Morgan fingerprint density at radius 3 is 2.36 bits per heavy atom. The van der Waals surface area contributed by atoms with Crippen molar-refractivity contribution >= 4 is 5.91 Å². The number of rotatable bonds is 6. The van der Waals surface area contributed by atoms with Crippen molar-refractivity contribution in [2.24, 2.45) is 23.5 Å². The van der Waals surface area contributed by atoms with Crippen LogP contribution < -0.4 is 11.1 Å². The van der Waals surface area contributed by atoms with Crippen molar-refractivity contribution in [2.45, 2.75) is 70.2 Å². The Bertz CT molecular complexity index is 628. The highest BCUT2D eigenvalue weighted by atomic mass is 16.5. The molecule has 154 valence electrons. The summed E-state index contributed by atoms with van der Waals surface area (Å²) in [6.45, 7) is 2.84. The number of ether oxygens (including phenoxy) is 2. The quantitative estimate of drug-likeness (QED) is 0.788. The SMILES string of the molecule is NC1C2CCCC1CC(C(=O)NCc1ccc(COC3CCOCC3)cc1)C2. The predicted octanol–water partition coefficient (Wildman–Crippen LogP) is 3.15. The van der Waals surface area contributed by atoms with Crippen molar-refractivity contribution in [3.63, 3.8) is 0 Å². The summed E-state index contributed by atoms with van der Waals surface area (Å²) < 4.78 is 11.3. The molecule has 28 heavy (non-hydrogen) atoms. The van der Waals surface area contributed by atoms with Crippen LogP contribution in [0.2, 0.25) is 0 Å². The van der Waals surface area contributed by atoms with Crippen molar-refractivity contribution in [3.8, 4) is 0 Å². The number of hydrogen-bond donors (Lipinski definition) is 2. The van der Waals surface area contributed by atoms with Gasteiger partial charge in [0, 0.05) is 31.7 Å². The van der Waals surface area contributed by atoms with Gasteiger partial charge in [0.2, 0.25) is 5.91 Å². The van der Waals surface area contributed by atoms with Crippen molar-refractivity contribution in [3.05, 3.63) is 35.4 Å². The molecule has 0 aromatic heterocycles. The molecule has 0 spiro atoms. The molecule has 1 amide bonds. The summed E-state index contributed by atoms with van der Waals surface area (Å²) in [6.07, 6.45) is 7.88. The first-order chi connectivity index (χ1) is 13.7. The third-order valence-corrected chi connectivity index (χ3v) is 6.93. The van der Waals surface area contributed by atoms with Crippen molar-refractivity contribution in [2.75, 3.05) is 13.2 Å². The minimum absolute atomic E-state index is 0.141. The van der Waals surface area contributed by atoms with Crippen LogP contribution in [0.1, 0.15) is 56.1 Å². The fourth-order valence-corrected chi connectivity index (χ4v) is 5.15. The van der Waals surface area contributed by atoms with Crippen molar-refractivity contribution in [1.29, 1.82) is 0 Å². The van der Waals surface area contributed by atoms with Crippen LogP contribution >= 0.6 is 0 Å². The van der Waals surface area contributed by atoms with E-state index in [2.05, 4.69) is 29.6 Å². The average molecular weight is 387 g/mol. The molecule has 2 unspecified atom stereocenters. The van der Waals surface area contributed by atoms with Gasteiger partial charge in [-0.15, -0.1) is 0 Å². The second-order valence-electron chi connectivity index (χ2n) is 8.85. The Morgan fingerprint density at radius 2 is 1.68 bits per heavy atom. The monoisotopic (exact) mass is 386 g/mol. The van der Waals surface area contributed by atoms with Gasteiger partial charge in [-0.05, 0) is 61.5 Å². The van der Waals surface area contributed by atoms with E-state index in [1.54, 1.807) is 0 Å². The summed E-state index contributed by atoms with van der Waals surface area (Å²) in [5, 5.41) is 3.15. The lowest BCUT2D eigenvalue weighted by atomic mass is 9.65. The predicted molar refractivity (Wildman–Crippen MR) is 108 cm³/mol. The first-order valence-electron chi connectivity index (χ1n) is 11.0. The van der Waals surface area contributed by atoms with Gasteiger partial charge in [0.15, 0.2) is 0 Å². The van der Waals surface area contributed by atoms with E-state index in [9.17, 15) is 4.79 Å². The molecule has 2 bridgehead atoms. The lowest BCUT2D eigenvalue weighted by Crippen LogP contribution is -2.49. The number of benzene rings is 1. The first-order valence-corrected chi connectivity index (χ1v) is 11.0. The van der Waals surface area contributed by atoms with E-state index in [-0.39, 0.29) is 11.8 Å². The van der Waals surface area contributed by atoms with Gasteiger partial charge in [-0.3, -0.25) is 4.79 Å². The highest BCUT2D eigenvalue weighted by Gasteiger charge is 2.40. The van der Waals surface area contributed by atoms with Crippen LogP contribution in [0.25, 0.3) is 0 Å². The number of hydrogen-bond acceptors (Lipinski definition) is 4. The van der Waals surface area contributed by atoms with Crippen LogP contribution in [-0.4, -0.2) is 31.3 Å². The molecular weight excluding hydrogens is 352 g/mol. The van der Waals surface area contributed by atoms with E-state index in [1.165, 1.54) is 24.8 Å². The molecule has 5 heteroatoms. The van der Waals surface area contributed by atoms with Gasteiger partial charge in [-0.25, -0.2) is 0 Å². The van der Waals surface area contributed by atoms with Crippen LogP contribution in [0.3, 0.4) is 0 Å². The van der Waals surface area contributed by atoms with Gasteiger partial charge in [-0.1, -0.05) is 30.7 Å². The Morgan fingerprint density at radius 1 is 1.04 bits per heavy atom. The molecule has 0 radical (unpaired) electrons. The standard InChI is InChI=1S/C23H34N2O3/c24-22-18-2-1-3-19(22)13-20(12-18)23(26)25-14-16-4-6-17(7-5-16)15-28-21-8-10-27-11-9-21/h4-7,18-22H,1-3,8-15,24H2,(H,25,26). The van der Waals surface area contributed by atoms with Gasteiger partial charge < -0.3 is 20.5 Å². The molecule has 2 aliphatic carbocycles. The largest absolute Gasteiger partial charge is 0.381 e. The molecule has 2 saturated carbocycles. The third-order valence-electron chi connectivity index (χ3n) is 6.93. The topological polar surface area (TPSA) is 73.6 Å². The molecule has 4 rings (SSSR count). The van der Waals surface area contributed by atoms with E-state index in [4.69, 9.17) is 15.2 Å². The van der Waals surface area contributed by atoms with E-state index < -0.39 is 0 Å². The average Bonchev–Trinajstić information content (AvgIpc) is 2.72. The molecule has 1 heterocycles. The zero-order chi connectivity index (χ0) is 19.3. The maximum Gasteiger partial charge on any atom is 0.223 e. The maximum absolute atomic E-state index is 12.7. The molecule has 3 aliphatic rings. The normalized spacial score (nSPS) is 30.8. The second kappa shape index (κ2) is 9.38. The molecule has 1 aromatic rings. The summed E-state index contributed by atoms with van der Waals surface area (Å²) >= 11 is 0. The van der Waals surface area contributed by atoms with Crippen LogP contribution in [0.15, 0.2) is 24.3 Å². The van der Waals surface area contributed by atoms with Gasteiger partial charge in [0.05, 0.1) is 12.7 Å². The molecule has 1 aliphatic heterocycles. The molecular formula is C23H34N2O3. The summed E-state index contributed by atoms with van der Waals surface area (Å²) in [5.41, 5.74) is 8.66. The summed E-state index contributed by atoms with van der Waals surface area (Å²) in [7, 11) is 0. The number of carbonyl (C=O) groups is 1. The van der Waals surface area contributed by atoms with Crippen LogP contribution in [0.4, 0.5) is 0 Å². The number of nitrogens with two attached hydrogens (primary N) is 1. The van der Waals surface area contributed by atoms with Gasteiger partial charge in [-0.2, -0.15) is 0 Å². The number of carbonyl (C=O) groups excluding carboxylic acids is 1. The van der Waals surface area contributed by atoms with Gasteiger partial charge >= 0.3 is 0 Å². The van der Waals surface area contributed by atoms with Crippen LogP contribution in [0.5, 0.6) is 0 Å². The van der Waals surface area contributed by atoms with E-state index >= 15 is 0 Å². The summed E-state index contributed by atoms with van der Waals surface area (Å²) in [6, 6.07) is 8.70. The highest BCUT2D eigenvalue weighted by molar-refractivity contribution is 5.78. The van der Waals surface area contributed by atoms with Crippen molar-refractivity contribution in [1.82, 2.24) is 5.32 Å². The maximum atomic E-state index is 12.7. The number of amides is 1. The molecule has 3 fully saturated rings. The number of fused-ring (bicyclic) bond motifs is 2. The van der Waals surface area contributed by atoms with Crippen LogP contribution in [-0.2, 0) is 27.4 Å². The Hall–Kier alpha value is -1.43. The molecule has 1 saturated heterocycles. The summed E-state index contributed by atoms with van der Waals surface area (Å²) in [4.78, 5) is 12.7. The minimum Gasteiger partial charge on any atom is -0.381 e. The lowest BCUT2D eigenvalue weighted by molar-refractivity contribution is -0.128. The fraction of sp³-hybridized carbons (Fsp3) is 0.696. The third kappa shape index (κ3) is 4.94. The number of nitrogens with one attached hydrogen (secondary N) is 1. The Labute approximate surface area is 168 Å². The van der Waals surface area contributed by atoms with Crippen molar-refractivity contribution < 1.29 is 14.3 Å². The molecule has 1 aromatic carbocycles. The zero-order valence-electron chi connectivity index (χ0n) is 16.8. The lowest BCUT2D eigenvalue weighted by Gasteiger charge is -2.43. The molecule has 3 N–H and O–H groups in total. The second-order valence-corrected chi connectivity index (χ2v) is 8.85. The van der Waals surface area contributed by atoms with E-state index in [1.807, 2.05) is 0 Å². The molecule has 5 nitrogen and oxygen atoms in total. The summed E-state index contributed by atoms with van der Waals surface area (Å²) in [5.74, 6) is 1.43. The zero-order valence-corrected chi connectivity index (χ0v) is 16.8. The van der Waals surface area contributed by atoms with Gasteiger partial charge in [0.1, 0.15) is 0 Å². The van der Waals surface area contributed by atoms with E-state index in [0.717, 1.165) is 44.5 Å². The smallest absolute Gasteiger partial charge is 0.223 e. The fourth-order valence-electron chi connectivity index (χ4n) is 5.15. The first kappa shape index (κ1) is 19.9.